The number of methoxy groups -OCH3 is 1. The van der Waals surface area contributed by atoms with E-state index in [1.54, 1.807) is 18.9 Å². The maximum absolute atomic E-state index is 11.0. The molecule has 2 aromatic rings. The molecule has 8 heteroatoms. The normalized spacial score (nSPS) is 13.6. The van der Waals surface area contributed by atoms with Gasteiger partial charge in [0.2, 0.25) is 5.91 Å². The lowest BCUT2D eigenvalue weighted by Crippen LogP contribution is -2.25. The molecule has 1 heterocycles. The van der Waals surface area contributed by atoms with Crippen molar-refractivity contribution in [2.45, 2.75) is 12.6 Å². The van der Waals surface area contributed by atoms with Gasteiger partial charge in [-0.15, -0.1) is 0 Å². The fraction of sp³-hybridized carbons (Fsp3) is 0.381. The third kappa shape index (κ3) is 11.4. The smallest absolute Gasteiger partial charge is 0.401 e. The van der Waals surface area contributed by atoms with Crippen LogP contribution in [0.5, 0.6) is 5.75 Å². The van der Waals surface area contributed by atoms with Crippen LogP contribution in [0.25, 0.3) is 11.1 Å². The van der Waals surface area contributed by atoms with Crippen molar-refractivity contribution in [3.63, 3.8) is 0 Å². The van der Waals surface area contributed by atoms with E-state index in [1.165, 1.54) is 12.6 Å². The minimum atomic E-state index is -4.06. The number of benzene rings is 2. The zero-order valence-corrected chi connectivity index (χ0v) is 17.4. The predicted octanol–water partition coefficient (Wildman–Crippen LogP) is 4.37. The number of alkyl halides is 3. The Bertz CT molecular complexity index is 703. The van der Waals surface area contributed by atoms with Gasteiger partial charge < -0.3 is 15.4 Å². The number of nitrogens with one attached hydrogen (secondary N) is 2. The van der Waals surface area contributed by atoms with Crippen molar-refractivity contribution in [2.24, 2.45) is 0 Å². The summed E-state index contributed by atoms with van der Waals surface area (Å²) in [6.07, 6.45) is -2.94. The highest BCUT2D eigenvalue weighted by Crippen LogP contribution is 2.28. The quantitative estimate of drug-likeness (QED) is 0.762. The van der Waals surface area contributed by atoms with E-state index < -0.39 is 12.7 Å². The number of amides is 1. The predicted molar refractivity (Wildman–Crippen MR) is 113 cm³/mol. The largest absolute Gasteiger partial charge is 0.496 e. The first kappa shape index (κ1) is 24.8. The fourth-order valence-electron chi connectivity index (χ4n) is 2.32. The van der Waals surface area contributed by atoms with Gasteiger partial charge in [0, 0.05) is 12.1 Å². The van der Waals surface area contributed by atoms with Gasteiger partial charge in [-0.25, -0.2) is 0 Å². The summed E-state index contributed by atoms with van der Waals surface area (Å²) in [5.74, 6) is 2.88. The summed E-state index contributed by atoms with van der Waals surface area (Å²) < 4.78 is 38.3. The molecule has 0 unspecified atom stereocenters. The van der Waals surface area contributed by atoms with Crippen LogP contribution in [0.15, 0.2) is 54.6 Å². The van der Waals surface area contributed by atoms with Crippen LogP contribution in [0.4, 0.5) is 13.2 Å². The first-order valence-electron chi connectivity index (χ1n) is 9.11. The molecule has 0 bridgehead atoms. The number of ether oxygens (including phenoxy) is 1. The average Bonchev–Trinajstić information content (AvgIpc) is 2.96. The van der Waals surface area contributed by atoms with Crippen molar-refractivity contribution in [3.8, 4) is 16.9 Å². The maximum Gasteiger partial charge on any atom is 0.401 e. The summed E-state index contributed by atoms with van der Waals surface area (Å²) in [7, 11) is 2.95. The van der Waals surface area contributed by atoms with Gasteiger partial charge in [-0.2, -0.15) is 24.9 Å². The molecule has 4 nitrogen and oxygen atoms in total. The number of carbonyl (C=O) groups is 1. The van der Waals surface area contributed by atoms with Gasteiger partial charge in [0.1, 0.15) is 5.75 Å². The van der Waals surface area contributed by atoms with Crippen LogP contribution in [0.3, 0.4) is 0 Å². The van der Waals surface area contributed by atoms with Gasteiger partial charge in [-0.3, -0.25) is 4.79 Å². The standard InChI is InChI=1S/C13H12O.C5H9NOS.C3H6F3N/c1-14-13-10-6-5-9-12(13)11-7-3-2-4-8-11;7-5-4-8-3-1-2-6-5;1-7-2-3(4,5)6/h2-10H,1H3;1-4H2,(H,6,7);7H,2H2,1H3. The lowest BCUT2D eigenvalue weighted by molar-refractivity contribution is -0.123. The van der Waals surface area contributed by atoms with Crippen LogP contribution in [0, 0.1) is 0 Å². The van der Waals surface area contributed by atoms with E-state index in [-0.39, 0.29) is 5.91 Å². The number of para-hydroxylation sites is 1. The molecule has 1 aliphatic rings. The van der Waals surface area contributed by atoms with Gasteiger partial charge in [-0.05, 0) is 30.9 Å². The van der Waals surface area contributed by atoms with Crippen molar-refractivity contribution >= 4 is 17.7 Å². The molecule has 2 aromatic carbocycles. The lowest BCUT2D eigenvalue weighted by Gasteiger charge is -2.07. The van der Waals surface area contributed by atoms with Crippen molar-refractivity contribution < 1.29 is 22.7 Å². The van der Waals surface area contributed by atoms with Crippen molar-refractivity contribution in [1.82, 2.24) is 10.6 Å². The van der Waals surface area contributed by atoms with Crippen molar-refractivity contribution in [2.75, 3.05) is 38.8 Å². The molecule has 0 aromatic heterocycles. The summed E-state index contributed by atoms with van der Waals surface area (Å²) in [6, 6.07) is 18.3. The Morgan fingerprint density at radius 3 is 2.34 bits per heavy atom. The van der Waals surface area contributed by atoms with Crippen LogP contribution in [0.2, 0.25) is 0 Å². The highest BCUT2D eigenvalue weighted by molar-refractivity contribution is 7.99. The average molecular weight is 429 g/mol. The van der Waals surface area contributed by atoms with E-state index in [2.05, 4.69) is 23.5 Å². The molecular formula is C21H27F3N2O2S. The maximum atomic E-state index is 11.0. The van der Waals surface area contributed by atoms with E-state index >= 15 is 0 Å². The Morgan fingerprint density at radius 2 is 1.76 bits per heavy atom. The molecule has 1 fully saturated rings. The molecular weight excluding hydrogens is 401 g/mol. The Hall–Kier alpha value is -2.19. The minimum absolute atomic E-state index is 0.188. The van der Waals surface area contributed by atoms with E-state index in [0.717, 1.165) is 30.0 Å². The van der Waals surface area contributed by atoms with Gasteiger partial charge >= 0.3 is 6.18 Å². The first-order valence-corrected chi connectivity index (χ1v) is 10.3. The van der Waals surface area contributed by atoms with E-state index in [9.17, 15) is 18.0 Å². The SMILES string of the molecule is CNCC(F)(F)F.COc1ccccc1-c1ccccc1.O=C1CSCCCN1. The second-order valence-electron chi connectivity index (χ2n) is 5.97. The Balaban J connectivity index is 0.000000240. The molecule has 0 aliphatic carbocycles. The summed E-state index contributed by atoms with van der Waals surface area (Å²) in [6.45, 7) is -0.0428. The number of hydrogen-bond acceptors (Lipinski definition) is 4. The molecule has 160 valence electrons. The molecule has 1 amide bonds. The Morgan fingerprint density at radius 1 is 1.10 bits per heavy atom. The third-order valence-electron chi connectivity index (χ3n) is 3.59. The summed E-state index contributed by atoms with van der Waals surface area (Å²) in [5.41, 5.74) is 2.32. The Kier molecular flexibility index (Phi) is 11.9. The van der Waals surface area contributed by atoms with Crippen LogP contribution in [0.1, 0.15) is 6.42 Å². The molecule has 2 N–H and O–H groups in total. The van der Waals surface area contributed by atoms with Gasteiger partial charge in [0.05, 0.1) is 19.4 Å². The summed E-state index contributed by atoms with van der Waals surface area (Å²) in [4.78, 5) is 10.6. The molecule has 29 heavy (non-hydrogen) atoms. The van der Waals surface area contributed by atoms with Crippen LogP contribution < -0.4 is 15.4 Å². The summed E-state index contributed by atoms with van der Waals surface area (Å²) >= 11 is 1.71. The molecule has 3 rings (SSSR count). The van der Waals surface area contributed by atoms with Gasteiger partial charge in [0.25, 0.3) is 0 Å². The number of rotatable bonds is 3. The van der Waals surface area contributed by atoms with Crippen LogP contribution in [-0.2, 0) is 4.79 Å². The number of hydrogen-bond donors (Lipinski definition) is 2. The molecule has 0 saturated carbocycles. The number of thioether (sulfide) groups is 1. The van der Waals surface area contributed by atoms with Crippen molar-refractivity contribution in [1.29, 1.82) is 0 Å². The zero-order chi connectivity index (χ0) is 21.5. The van der Waals surface area contributed by atoms with E-state index in [4.69, 9.17) is 4.74 Å². The molecule has 0 spiro atoms. The first-order chi connectivity index (χ1) is 13.9. The fourth-order valence-corrected chi connectivity index (χ4v) is 3.10. The minimum Gasteiger partial charge on any atom is -0.496 e. The second kappa shape index (κ2) is 13.9. The monoisotopic (exact) mass is 428 g/mol. The van der Waals surface area contributed by atoms with Gasteiger partial charge in [0.15, 0.2) is 0 Å². The molecule has 0 radical (unpaired) electrons. The van der Waals surface area contributed by atoms with E-state index in [1.807, 2.05) is 41.7 Å². The summed E-state index contributed by atoms with van der Waals surface area (Å²) in [5, 5.41) is 4.77. The molecule has 0 atom stereocenters. The van der Waals surface area contributed by atoms with E-state index in [0.29, 0.717) is 5.75 Å². The third-order valence-corrected chi connectivity index (χ3v) is 4.63. The number of halogens is 3. The molecule has 1 saturated heterocycles. The highest BCUT2D eigenvalue weighted by atomic mass is 32.2. The van der Waals surface area contributed by atoms with Gasteiger partial charge in [-0.1, -0.05) is 48.5 Å². The topological polar surface area (TPSA) is 50.4 Å². The zero-order valence-electron chi connectivity index (χ0n) is 16.6. The van der Waals surface area contributed by atoms with Crippen LogP contribution in [-0.4, -0.2) is 50.8 Å². The lowest BCUT2D eigenvalue weighted by atomic mass is 10.1. The van der Waals surface area contributed by atoms with Crippen molar-refractivity contribution in [3.05, 3.63) is 54.6 Å². The number of carbonyl (C=O) groups excluding carboxylic acids is 1. The molecule has 1 aliphatic heterocycles. The second-order valence-corrected chi connectivity index (χ2v) is 7.07. The highest BCUT2D eigenvalue weighted by Gasteiger charge is 2.24. The van der Waals surface area contributed by atoms with Crippen LogP contribution >= 0.6 is 11.8 Å². The Labute approximate surface area is 174 Å².